The standard InChI is InChI=1S/C18H22N4O/c1-18(2,3)10-15(23)20-17-16(13-5-4-6-13)14-9-12(11-19)7-8-22(14)21-17/h7-9,13H,4-6,10H2,1-3H3,(H,20,21,23). The van der Waals surface area contributed by atoms with Crippen molar-refractivity contribution in [1.29, 1.82) is 5.26 Å². The van der Waals surface area contributed by atoms with E-state index in [1.54, 1.807) is 16.8 Å². The minimum absolute atomic E-state index is 0.0120. The predicted octanol–water partition coefficient (Wildman–Crippen LogP) is 3.85. The summed E-state index contributed by atoms with van der Waals surface area (Å²) in [5, 5.41) is 16.7. The molecule has 0 aromatic carbocycles. The molecule has 1 N–H and O–H groups in total. The molecular weight excluding hydrogens is 288 g/mol. The lowest BCUT2D eigenvalue weighted by molar-refractivity contribution is -0.117. The SMILES string of the molecule is CC(C)(C)CC(=O)Nc1nn2ccc(C#N)cc2c1C1CCC1. The molecule has 0 bridgehead atoms. The van der Waals surface area contributed by atoms with Crippen molar-refractivity contribution in [2.45, 2.75) is 52.4 Å². The van der Waals surface area contributed by atoms with Gasteiger partial charge in [-0.3, -0.25) is 4.79 Å². The zero-order chi connectivity index (χ0) is 16.6. The third-order valence-electron chi connectivity index (χ3n) is 4.26. The van der Waals surface area contributed by atoms with Gasteiger partial charge >= 0.3 is 0 Å². The Kier molecular flexibility index (Phi) is 3.85. The molecule has 2 aromatic rings. The molecule has 1 aliphatic carbocycles. The van der Waals surface area contributed by atoms with Crippen LogP contribution in [0, 0.1) is 16.7 Å². The van der Waals surface area contributed by atoms with Gasteiger partial charge in [-0.05, 0) is 36.3 Å². The quantitative estimate of drug-likeness (QED) is 0.936. The lowest BCUT2D eigenvalue weighted by Crippen LogP contribution is -2.21. The van der Waals surface area contributed by atoms with Crippen molar-refractivity contribution in [3.63, 3.8) is 0 Å². The van der Waals surface area contributed by atoms with Gasteiger partial charge in [-0.25, -0.2) is 4.52 Å². The third-order valence-corrected chi connectivity index (χ3v) is 4.26. The number of fused-ring (bicyclic) bond motifs is 1. The Morgan fingerprint density at radius 1 is 1.48 bits per heavy atom. The van der Waals surface area contributed by atoms with Gasteiger partial charge in [-0.2, -0.15) is 5.26 Å². The first-order valence-electron chi connectivity index (χ1n) is 8.09. The van der Waals surface area contributed by atoms with Gasteiger partial charge in [-0.15, -0.1) is 5.10 Å². The molecule has 23 heavy (non-hydrogen) atoms. The summed E-state index contributed by atoms with van der Waals surface area (Å²) in [6.07, 6.45) is 5.67. The maximum Gasteiger partial charge on any atom is 0.226 e. The van der Waals surface area contributed by atoms with Gasteiger partial charge in [0.25, 0.3) is 0 Å². The highest BCUT2D eigenvalue weighted by atomic mass is 16.1. The number of hydrogen-bond donors (Lipinski definition) is 1. The highest BCUT2D eigenvalue weighted by Crippen LogP contribution is 2.42. The molecule has 5 nitrogen and oxygen atoms in total. The Balaban J connectivity index is 1.99. The highest BCUT2D eigenvalue weighted by Gasteiger charge is 2.28. The molecule has 3 rings (SSSR count). The van der Waals surface area contributed by atoms with E-state index >= 15 is 0 Å². The van der Waals surface area contributed by atoms with E-state index in [0.717, 1.165) is 23.9 Å². The summed E-state index contributed by atoms with van der Waals surface area (Å²) in [6, 6.07) is 5.78. The van der Waals surface area contributed by atoms with Gasteiger partial charge in [0, 0.05) is 18.2 Å². The number of rotatable bonds is 3. The first-order valence-corrected chi connectivity index (χ1v) is 8.09. The number of nitrogens with one attached hydrogen (secondary N) is 1. The molecule has 0 atom stereocenters. The summed E-state index contributed by atoms with van der Waals surface area (Å²) in [7, 11) is 0. The average Bonchev–Trinajstić information content (AvgIpc) is 2.72. The molecule has 0 radical (unpaired) electrons. The number of anilines is 1. The molecule has 0 spiro atoms. The van der Waals surface area contributed by atoms with Gasteiger partial charge in [-0.1, -0.05) is 27.2 Å². The minimum atomic E-state index is -0.0617. The van der Waals surface area contributed by atoms with E-state index in [0.29, 0.717) is 23.7 Å². The van der Waals surface area contributed by atoms with Gasteiger partial charge in [0.1, 0.15) is 0 Å². The van der Waals surface area contributed by atoms with Crippen molar-refractivity contribution < 1.29 is 4.79 Å². The predicted molar refractivity (Wildman–Crippen MR) is 89.2 cm³/mol. The van der Waals surface area contributed by atoms with Crippen LogP contribution in [0.15, 0.2) is 18.3 Å². The van der Waals surface area contributed by atoms with Crippen LogP contribution >= 0.6 is 0 Å². The van der Waals surface area contributed by atoms with Crippen molar-refractivity contribution >= 4 is 17.2 Å². The maximum atomic E-state index is 12.3. The Morgan fingerprint density at radius 2 is 2.22 bits per heavy atom. The Labute approximate surface area is 136 Å². The van der Waals surface area contributed by atoms with Gasteiger partial charge in [0.15, 0.2) is 5.82 Å². The van der Waals surface area contributed by atoms with Crippen LogP contribution in [0.4, 0.5) is 5.82 Å². The minimum Gasteiger partial charge on any atom is -0.309 e. The van der Waals surface area contributed by atoms with E-state index in [4.69, 9.17) is 5.26 Å². The molecular formula is C18H22N4O. The summed E-state index contributed by atoms with van der Waals surface area (Å²) in [6.45, 7) is 6.13. The third kappa shape index (κ3) is 3.21. The molecule has 2 aromatic heterocycles. The number of amides is 1. The summed E-state index contributed by atoms with van der Waals surface area (Å²) >= 11 is 0. The first-order chi connectivity index (χ1) is 10.9. The molecule has 1 aliphatic rings. The number of hydrogen-bond acceptors (Lipinski definition) is 3. The second kappa shape index (κ2) is 5.69. The van der Waals surface area contributed by atoms with Crippen molar-refractivity contribution in [3.8, 4) is 6.07 Å². The Bertz CT molecular complexity index is 788. The normalized spacial score (nSPS) is 15.2. The number of pyridine rings is 1. The van der Waals surface area contributed by atoms with Crippen LogP contribution in [-0.4, -0.2) is 15.5 Å². The molecule has 2 heterocycles. The molecule has 0 saturated heterocycles. The molecule has 1 saturated carbocycles. The van der Waals surface area contributed by atoms with Crippen molar-refractivity contribution in [3.05, 3.63) is 29.5 Å². The van der Waals surface area contributed by atoms with E-state index in [1.165, 1.54) is 6.42 Å². The molecule has 0 unspecified atom stereocenters. The lowest BCUT2D eigenvalue weighted by Gasteiger charge is -2.26. The van der Waals surface area contributed by atoms with Crippen LogP contribution in [0.2, 0.25) is 0 Å². The van der Waals surface area contributed by atoms with Crippen LogP contribution < -0.4 is 5.32 Å². The fourth-order valence-electron chi connectivity index (χ4n) is 2.98. The topological polar surface area (TPSA) is 70.2 Å². The smallest absolute Gasteiger partial charge is 0.226 e. The molecule has 5 heteroatoms. The zero-order valence-corrected chi connectivity index (χ0v) is 13.9. The number of aromatic nitrogens is 2. The second-order valence-corrected chi connectivity index (χ2v) is 7.53. The summed E-state index contributed by atoms with van der Waals surface area (Å²) in [4.78, 5) is 12.3. The Hall–Kier alpha value is -2.35. The van der Waals surface area contributed by atoms with E-state index in [-0.39, 0.29) is 11.3 Å². The number of carbonyl (C=O) groups is 1. The summed E-state index contributed by atoms with van der Waals surface area (Å²) in [5.41, 5.74) is 2.56. The monoisotopic (exact) mass is 310 g/mol. The van der Waals surface area contributed by atoms with Crippen LogP contribution in [-0.2, 0) is 4.79 Å². The zero-order valence-electron chi connectivity index (χ0n) is 13.9. The summed E-state index contributed by atoms with van der Waals surface area (Å²) in [5.74, 6) is 1.06. The largest absolute Gasteiger partial charge is 0.309 e. The molecule has 120 valence electrons. The molecule has 1 amide bonds. The number of nitrogens with zero attached hydrogens (tertiary/aromatic N) is 3. The van der Waals surface area contributed by atoms with Crippen LogP contribution in [0.5, 0.6) is 0 Å². The Morgan fingerprint density at radius 3 is 2.78 bits per heavy atom. The second-order valence-electron chi connectivity index (χ2n) is 7.53. The van der Waals surface area contributed by atoms with E-state index < -0.39 is 0 Å². The first kappa shape index (κ1) is 15.5. The van der Waals surface area contributed by atoms with Crippen LogP contribution in [0.25, 0.3) is 5.52 Å². The van der Waals surface area contributed by atoms with Gasteiger partial charge in [0.2, 0.25) is 5.91 Å². The van der Waals surface area contributed by atoms with Crippen LogP contribution in [0.3, 0.4) is 0 Å². The van der Waals surface area contributed by atoms with E-state index in [1.807, 2.05) is 26.8 Å². The molecule has 0 aliphatic heterocycles. The van der Waals surface area contributed by atoms with Crippen molar-refractivity contribution in [2.24, 2.45) is 5.41 Å². The fraction of sp³-hybridized carbons (Fsp3) is 0.500. The van der Waals surface area contributed by atoms with Crippen molar-refractivity contribution in [1.82, 2.24) is 9.61 Å². The summed E-state index contributed by atoms with van der Waals surface area (Å²) < 4.78 is 1.77. The van der Waals surface area contributed by atoms with E-state index in [2.05, 4.69) is 16.5 Å². The number of carbonyl (C=O) groups excluding carboxylic acids is 1. The van der Waals surface area contributed by atoms with Gasteiger partial charge < -0.3 is 5.32 Å². The highest BCUT2D eigenvalue weighted by molar-refractivity contribution is 5.92. The molecule has 1 fully saturated rings. The van der Waals surface area contributed by atoms with Crippen molar-refractivity contribution in [2.75, 3.05) is 5.32 Å². The fourth-order valence-corrected chi connectivity index (χ4v) is 2.98. The maximum absolute atomic E-state index is 12.3. The van der Waals surface area contributed by atoms with E-state index in [9.17, 15) is 4.79 Å². The van der Waals surface area contributed by atoms with Gasteiger partial charge in [0.05, 0.1) is 17.1 Å². The number of nitriles is 1. The average molecular weight is 310 g/mol. The van der Waals surface area contributed by atoms with Crippen LogP contribution in [0.1, 0.15) is 63.5 Å². The lowest BCUT2D eigenvalue weighted by atomic mass is 9.80.